The molecule has 0 aromatic rings. The molecule has 2 unspecified atom stereocenters. The molecular weight excluding hydrogens is 250 g/mol. The molecular formula is C12H23N3O4. The van der Waals surface area contributed by atoms with Gasteiger partial charge in [0.15, 0.2) is 6.04 Å². The molecule has 110 valence electrons. The monoisotopic (exact) mass is 273 g/mol. The Morgan fingerprint density at radius 3 is 2.42 bits per heavy atom. The van der Waals surface area contributed by atoms with Crippen molar-refractivity contribution in [1.82, 2.24) is 15.5 Å². The summed E-state index contributed by atoms with van der Waals surface area (Å²) in [6, 6.07) is -1.58. The fourth-order valence-corrected chi connectivity index (χ4v) is 2.29. The first-order valence-corrected chi connectivity index (χ1v) is 6.66. The van der Waals surface area contributed by atoms with E-state index in [2.05, 4.69) is 10.6 Å². The molecule has 0 spiro atoms. The highest BCUT2D eigenvalue weighted by atomic mass is 16.4. The summed E-state index contributed by atoms with van der Waals surface area (Å²) in [6.45, 7) is 5.43. The van der Waals surface area contributed by atoms with Gasteiger partial charge in [-0.2, -0.15) is 0 Å². The molecule has 4 N–H and O–H groups in total. The molecule has 19 heavy (non-hydrogen) atoms. The molecule has 2 atom stereocenters. The lowest BCUT2D eigenvalue weighted by Gasteiger charge is -2.34. The number of carbonyl (C=O) groups excluding carboxylic acids is 1. The molecule has 0 aliphatic carbocycles. The van der Waals surface area contributed by atoms with E-state index < -0.39 is 24.1 Å². The van der Waals surface area contributed by atoms with E-state index in [0.717, 1.165) is 25.9 Å². The Hall–Kier alpha value is -1.34. The summed E-state index contributed by atoms with van der Waals surface area (Å²) in [5.74, 6) is -1.23. The van der Waals surface area contributed by atoms with Crippen molar-refractivity contribution in [1.29, 1.82) is 0 Å². The number of aliphatic hydroxyl groups excluding tert-OH is 1. The average molecular weight is 273 g/mol. The number of hydrogen-bond acceptors (Lipinski definition) is 4. The lowest BCUT2D eigenvalue weighted by Crippen LogP contribution is -2.55. The van der Waals surface area contributed by atoms with Crippen molar-refractivity contribution in [3.63, 3.8) is 0 Å². The molecule has 0 saturated carbocycles. The number of hydrogen-bond donors (Lipinski definition) is 4. The zero-order chi connectivity index (χ0) is 14.4. The smallest absolute Gasteiger partial charge is 0.328 e. The minimum Gasteiger partial charge on any atom is -0.480 e. The van der Waals surface area contributed by atoms with Crippen LogP contribution in [0.4, 0.5) is 4.79 Å². The van der Waals surface area contributed by atoms with Crippen LogP contribution < -0.4 is 10.6 Å². The Bertz CT molecular complexity index is 316. The number of aliphatic hydroxyl groups is 1. The predicted molar refractivity (Wildman–Crippen MR) is 69.9 cm³/mol. The van der Waals surface area contributed by atoms with Gasteiger partial charge in [-0.15, -0.1) is 0 Å². The highest BCUT2D eigenvalue weighted by Crippen LogP contribution is 2.12. The number of urea groups is 1. The first-order valence-electron chi connectivity index (χ1n) is 6.66. The maximum Gasteiger partial charge on any atom is 0.328 e. The van der Waals surface area contributed by atoms with Crippen LogP contribution in [-0.4, -0.2) is 64.9 Å². The third-order valence-corrected chi connectivity index (χ3v) is 3.38. The van der Waals surface area contributed by atoms with Gasteiger partial charge in [0.2, 0.25) is 0 Å². The standard InChI is InChI=1S/C12H23N3O4/c1-3-15(9-4-6-13-7-5-9)12(19)14-10(8(2)16)11(17)18/h8-10,13,16H,3-7H2,1-2H3,(H,14,19)(H,17,18). The van der Waals surface area contributed by atoms with Crippen LogP contribution in [0, 0.1) is 0 Å². The van der Waals surface area contributed by atoms with Crippen LogP contribution in [0.5, 0.6) is 0 Å². The number of piperidine rings is 1. The quantitative estimate of drug-likeness (QED) is 0.546. The number of carboxylic acids is 1. The molecule has 7 nitrogen and oxygen atoms in total. The molecule has 2 amide bonds. The van der Waals surface area contributed by atoms with Crippen molar-refractivity contribution in [3.05, 3.63) is 0 Å². The number of aliphatic carboxylic acids is 1. The maximum absolute atomic E-state index is 12.1. The van der Waals surface area contributed by atoms with Crippen LogP contribution in [0.2, 0.25) is 0 Å². The summed E-state index contributed by atoms with van der Waals surface area (Å²) >= 11 is 0. The van der Waals surface area contributed by atoms with Crippen LogP contribution in [0.3, 0.4) is 0 Å². The van der Waals surface area contributed by atoms with E-state index in [1.165, 1.54) is 6.92 Å². The van der Waals surface area contributed by atoms with Gasteiger partial charge in [-0.1, -0.05) is 0 Å². The molecule has 1 aliphatic rings. The van der Waals surface area contributed by atoms with Gasteiger partial charge in [0.1, 0.15) is 0 Å². The summed E-state index contributed by atoms with van der Waals surface area (Å²) in [5.41, 5.74) is 0. The third kappa shape index (κ3) is 4.36. The topological polar surface area (TPSA) is 102 Å². The van der Waals surface area contributed by atoms with E-state index in [4.69, 9.17) is 5.11 Å². The van der Waals surface area contributed by atoms with Gasteiger partial charge in [0.05, 0.1) is 6.10 Å². The van der Waals surface area contributed by atoms with Crippen LogP contribution >= 0.6 is 0 Å². The Labute approximate surface area is 113 Å². The summed E-state index contributed by atoms with van der Waals surface area (Å²) in [4.78, 5) is 24.7. The molecule has 1 aliphatic heterocycles. The highest BCUT2D eigenvalue weighted by molar-refractivity contribution is 5.83. The Kier molecular flexibility index (Phi) is 6.04. The van der Waals surface area contributed by atoms with Gasteiger partial charge < -0.3 is 25.7 Å². The van der Waals surface area contributed by atoms with E-state index in [-0.39, 0.29) is 6.04 Å². The molecule has 1 rings (SSSR count). The van der Waals surface area contributed by atoms with Gasteiger partial charge >= 0.3 is 12.0 Å². The van der Waals surface area contributed by atoms with E-state index in [0.29, 0.717) is 6.54 Å². The normalized spacial score (nSPS) is 19.5. The average Bonchev–Trinajstić information content (AvgIpc) is 2.37. The molecule has 1 fully saturated rings. The SMILES string of the molecule is CCN(C(=O)NC(C(=O)O)C(C)O)C1CCNCC1. The lowest BCUT2D eigenvalue weighted by molar-refractivity contribution is -0.141. The molecule has 0 aromatic heterocycles. The molecule has 1 heterocycles. The summed E-state index contributed by atoms with van der Waals surface area (Å²) in [6.07, 6.45) is 0.578. The molecule has 7 heteroatoms. The first-order chi connectivity index (χ1) is 8.97. The number of carbonyl (C=O) groups is 2. The van der Waals surface area contributed by atoms with E-state index in [1.807, 2.05) is 6.92 Å². The zero-order valence-electron chi connectivity index (χ0n) is 11.4. The van der Waals surface area contributed by atoms with Gasteiger partial charge in [-0.05, 0) is 39.8 Å². The van der Waals surface area contributed by atoms with Crippen molar-refractivity contribution >= 4 is 12.0 Å². The Morgan fingerprint density at radius 2 is 2.00 bits per heavy atom. The molecule has 0 bridgehead atoms. The minimum absolute atomic E-state index is 0.120. The third-order valence-electron chi connectivity index (χ3n) is 3.38. The van der Waals surface area contributed by atoms with E-state index >= 15 is 0 Å². The second kappa shape index (κ2) is 7.30. The summed E-state index contributed by atoms with van der Waals surface area (Å²) in [7, 11) is 0. The van der Waals surface area contributed by atoms with E-state index in [9.17, 15) is 14.7 Å². The van der Waals surface area contributed by atoms with Gasteiger partial charge in [-0.25, -0.2) is 9.59 Å². The maximum atomic E-state index is 12.1. The minimum atomic E-state index is -1.27. The Balaban J connectivity index is 2.64. The van der Waals surface area contributed by atoms with Crippen molar-refractivity contribution in [2.24, 2.45) is 0 Å². The lowest BCUT2D eigenvalue weighted by atomic mass is 10.1. The molecule has 0 aromatic carbocycles. The largest absolute Gasteiger partial charge is 0.480 e. The number of carboxylic acid groups (broad SMARTS) is 1. The zero-order valence-corrected chi connectivity index (χ0v) is 11.4. The van der Waals surface area contributed by atoms with E-state index in [1.54, 1.807) is 4.90 Å². The number of nitrogens with one attached hydrogen (secondary N) is 2. The van der Waals surface area contributed by atoms with Crippen LogP contribution in [0.15, 0.2) is 0 Å². The van der Waals surface area contributed by atoms with Crippen molar-refractivity contribution in [2.45, 2.75) is 44.9 Å². The summed E-state index contributed by atoms with van der Waals surface area (Å²) in [5, 5.41) is 23.9. The van der Waals surface area contributed by atoms with Crippen LogP contribution in [-0.2, 0) is 4.79 Å². The van der Waals surface area contributed by atoms with Crippen molar-refractivity contribution in [3.8, 4) is 0 Å². The fraction of sp³-hybridized carbons (Fsp3) is 0.833. The molecule has 0 radical (unpaired) electrons. The Morgan fingerprint density at radius 1 is 1.42 bits per heavy atom. The first kappa shape index (κ1) is 15.7. The fourth-order valence-electron chi connectivity index (χ4n) is 2.29. The van der Waals surface area contributed by atoms with Crippen LogP contribution in [0.25, 0.3) is 0 Å². The predicted octanol–water partition coefficient (Wildman–Crippen LogP) is -0.396. The summed E-state index contributed by atoms with van der Waals surface area (Å²) < 4.78 is 0. The van der Waals surface area contributed by atoms with Gasteiger partial charge in [0, 0.05) is 12.6 Å². The number of amides is 2. The second-order valence-corrected chi connectivity index (χ2v) is 4.77. The van der Waals surface area contributed by atoms with Gasteiger partial charge in [0.25, 0.3) is 0 Å². The van der Waals surface area contributed by atoms with Gasteiger partial charge in [-0.3, -0.25) is 0 Å². The van der Waals surface area contributed by atoms with Crippen molar-refractivity contribution in [2.75, 3.05) is 19.6 Å². The highest BCUT2D eigenvalue weighted by Gasteiger charge is 2.30. The number of rotatable bonds is 5. The van der Waals surface area contributed by atoms with Crippen molar-refractivity contribution < 1.29 is 19.8 Å². The number of nitrogens with zero attached hydrogens (tertiary/aromatic N) is 1. The van der Waals surface area contributed by atoms with Crippen LogP contribution in [0.1, 0.15) is 26.7 Å². The second-order valence-electron chi connectivity index (χ2n) is 4.77. The molecule has 1 saturated heterocycles.